The molecule has 5 nitrogen and oxygen atoms in total. The first-order chi connectivity index (χ1) is 7.42. The van der Waals surface area contributed by atoms with Gasteiger partial charge < -0.3 is 5.11 Å². The molecule has 0 amide bonds. The molecule has 0 saturated heterocycles. The predicted molar refractivity (Wildman–Crippen MR) is 61.9 cm³/mol. The second kappa shape index (κ2) is 4.99. The van der Waals surface area contributed by atoms with E-state index in [0.717, 1.165) is 5.56 Å². The fraction of sp³-hybridized carbons (Fsp3) is 0.200. The first kappa shape index (κ1) is 12.5. The number of benzene rings is 1. The van der Waals surface area contributed by atoms with Gasteiger partial charge in [0.05, 0.1) is 5.69 Å². The van der Waals surface area contributed by atoms with Gasteiger partial charge in [0.2, 0.25) is 0 Å². The number of aliphatic hydroxyl groups excluding tert-OH is 1. The van der Waals surface area contributed by atoms with Crippen molar-refractivity contribution in [3.8, 4) is 11.8 Å². The Morgan fingerprint density at radius 2 is 2.19 bits per heavy atom. The van der Waals surface area contributed by atoms with E-state index < -0.39 is 10.2 Å². The third kappa shape index (κ3) is 3.90. The summed E-state index contributed by atoms with van der Waals surface area (Å²) in [6, 6.07) is 5.06. The standard InChI is InChI=1S/C10H12N2O3S/c1-8-4-5-9(3-2-6-13)10(7-8)12-16(11,14)15/h4-5,7,12-13H,6H2,1H3,(H2,11,14,15). The van der Waals surface area contributed by atoms with Gasteiger partial charge in [0.25, 0.3) is 10.2 Å². The molecule has 86 valence electrons. The van der Waals surface area contributed by atoms with E-state index in [1.807, 2.05) is 6.92 Å². The van der Waals surface area contributed by atoms with Crippen molar-refractivity contribution < 1.29 is 13.5 Å². The summed E-state index contributed by atoms with van der Waals surface area (Å²) in [5.74, 6) is 5.07. The molecular formula is C10H12N2O3S. The zero-order valence-electron chi connectivity index (χ0n) is 8.69. The molecule has 16 heavy (non-hydrogen) atoms. The molecule has 1 aromatic carbocycles. The molecule has 0 fully saturated rings. The molecule has 0 aliphatic heterocycles. The van der Waals surface area contributed by atoms with E-state index in [0.29, 0.717) is 11.3 Å². The van der Waals surface area contributed by atoms with Crippen LogP contribution in [0.1, 0.15) is 11.1 Å². The summed E-state index contributed by atoms with van der Waals surface area (Å²) in [5, 5.41) is 13.4. The molecule has 0 aromatic heterocycles. The van der Waals surface area contributed by atoms with Crippen molar-refractivity contribution >= 4 is 15.9 Å². The maximum absolute atomic E-state index is 10.9. The van der Waals surface area contributed by atoms with Gasteiger partial charge in [-0.05, 0) is 24.6 Å². The Balaban J connectivity index is 3.18. The Morgan fingerprint density at radius 1 is 1.50 bits per heavy atom. The molecular weight excluding hydrogens is 228 g/mol. The minimum absolute atomic E-state index is 0.289. The zero-order chi connectivity index (χ0) is 12.2. The van der Waals surface area contributed by atoms with Crippen molar-refractivity contribution in [1.29, 1.82) is 0 Å². The molecule has 4 N–H and O–H groups in total. The number of anilines is 1. The van der Waals surface area contributed by atoms with Crippen LogP contribution in [-0.4, -0.2) is 20.1 Å². The van der Waals surface area contributed by atoms with Crippen molar-refractivity contribution in [3.05, 3.63) is 29.3 Å². The van der Waals surface area contributed by atoms with Crippen LogP contribution in [0.4, 0.5) is 5.69 Å². The molecule has 0 saturated carbocycles. The number of nitrogens with two attached hydrogens (primary N) is 1. The topological polar surface area (TPSA) is 92.4 Å². The Bertz CT molecular complexity index is 541. The SMILES string of the molecule is Cc1ccc(C#CCO)c(NS(N)(=O)=O)c1. The molecule has 0 heterocycles. The molecule has 0 radical (unpaired) electrons. The predicted octanol–water partition coefficient (Wildman–Crippen LogP) is -0.0458. The number of aliphatic hydroxyl groups is 1. The van der Waals surface area contributed by atoms with Gasteiger partial charge in [-0.1, -0.05) is 17.9 Å². The highest BCUT2D eigenvalue weighted by Crippen LogP contribution is 2.17. The largest absolute Gasteiger partial charge is 0.384 e. The molecule has 1 aromatic rings. The number of rotatable bonds is 2. The summed E-state index contributed by atoms with van der Waals surface area (Å²) >= 11 is 0. The van der Waals surface area contributed by atoms with Gasteiger partial charge >= 0.3 is 0 Å². The van der Waals surface area contributed by atoms with Crippen molar-refractivity contribution in [2.45, 2.75) is 6.92 Å². The van der Waals surface area contributed by atoms with Crippen LogP contribution in [0.15, 0.2) is 18.2 Å². The molecule has 0 atom stereocenters. The van der Waals surface area contributed by atoms with Crippen LogP contribution in [-0.2, 0) is 10.2 Å². The summed E-state index contributed by atoms with van der Waals surface area (Å²) in [4.78, 5) is 0. The van der Waals surface area contributed by atoms with Gasteiger partial charge in [0.15, 0.2) is 0 Å². The molecule has 0 spiro atoms. The summed E-state index contributed by atoms with van der Waals surface area (Å²) < 4.78 is 24.0. The van der Waals surface area contributed by atoms with Crippen molar-refractivity contribution in [1.82, 2.24) is 0 Å². The maximum atomic E-state index is 10.9. The first-order valence-corrected chi connectivity index (χ1v) is 5.98. The minimum Gasteiger partial charge on any atom is -0.384 e. The first-order valence-electron chi connectivity index (χ1n) is 4.43. The second-order valence-electron chi connectivity index (χ2n) is 3.16. The van der Waals surface area contributed by atoms with Crippen LogP contribution in [0, 0.1) is 18.8 Å². The lowest BCUT2D eigenvalue weighted by atomic mass is 10.1. The number of hydrogen-bond acceptors (Lipinski definition) is 3. The zero-order valence-corrected chi connectivity index (χ0v) is 9.50. The number of hydrogen-bond donors (Lipinski definition) is 3. The average molecular weight is 240 g/mol. The third-order valence-electron chi connectivity index (χ3n) is 1.73. The highest BCUT2D eigenvalue weighted by Gasteiger charge is 2.06. The van der Waals surface area contributed by atoms with Crippen LogP contribution in [0.3, 0.4) is 0 Å². The number of nitrogens with one attached hydrogen (secondary N) is 1. The Morgan fingerprint density at radius 3 is 2.75 bits per heavy atom. The lowest BCUT2D eigenvalue weighted by Crippen LogP contribution is -2.22. The van der Waals surface area contributed by atoms with Crippen molar-refractivity contribution in [2.24, 2.45) is 5.14 Å². The van der Waals surface area contributed by atoms with Gasteiger partial charge in [-0.25, -0.2) is 5.14 Å². The van der Waals surface area contributed by atoms with Crippen molar-refractivity contribution in [3.63, 3.8) is 0 Å². The van der Waals surface area contributed by atoms with E-state index in [1.165, 1.54) is 0 Å². The lowest BCUT2D eigenvalue weighted by molar-refractivity contribution is 0.350. The van der Waals surface area contributed by atoms with Crippen LogP contribution in [0.25, 0.3) is 0 Å². The van der Waals surface area contributed by atoms with Crippen LogP contribution in [0.5, 0.6) is 0 Å². The van der Waals surface area contributed by atoms with Gasteiger partial charge in [-0.15, -0.1) is 0 Å². The smallest absolute Gasteiger partial charge is 0.296 e. The molecule has 1 rings (SSSR count). The molecule has 6 heteroatoms. The van der Waals surface area contributed by atoms with E-state index in [1.54, 1.807) is 18.2 Å². The van der Waals surface area contributed by atoms with E-state index >= 15 is 0 Å². The normalized spacial score (nSPS) is 10.4. The van der Waals surface area contributed by atoms with Gasteiger partial charge in [-0.2, -0.15) is 8.42 Å². The van der Waals surface area contributed by atoms with Crippen LogP contribution in [0.2, 0.25) is 0 Å². The van der Waals surface area contributed by atoms with Crippen LogP contribution >= 0.6 is 0 Å². The van der Waals surface area contributed by atoms with E-state index in [9.17, 15) is 8.42 Å². The average Bonchev–Trinajstić information content (AvgIpc) is 2.14. The molecule has 0 unspecified atom stereocenters. The number of aryl methyl sites for hydroxylation is 1. The Labute approximate surface area is 94.5 Å². The van der Waals surface area contributed by atoms with Gasteiger partial charge in [0, 0.05) is 5.56 Å². The van der Waals surface area contributed by atoms with Gasteiger partial charge in [0.1, 0.15) is 6.61 Å². The summed E-state index contributed by atoms with van der Waals surface area (Å²) in [6.45, 7) is 1.53. The summed E-state index contributed by atoms with van der Waals surface area (Å²) in [6.07, 6.45) is 0. The second-order valence-corrected chi connectivity index (χ2v) is 4.45. The highest BCUT2D eigenvalue weighted by molar-refractivity contribution is 7.90. The molecule has 0 bridgehead atoms. The van der Waals surface area contributed by atoms with Gasteiger partial charge in [-0.3, -0.25) is 4.72 Å². The van der Waals surface area contributed by atoms with E-state index in [2.05, 4.69) is 16.6 Å². The van der Waals surface area contributed by atoms with E-state index in [-0.39, 0.29) is 6.61 Å². The summed E-state index contributed by atoms with van der Waals surface area (Å²) in [5.41, 5.74) is 1.65. The quantitative estimate of drug-likeness (QED) is 0.633. The Kier molecular flexibility index (Phi) is 3.90. The fourth-order valence-electron chi connectivity index (χ4n) is 1.14. The Hall–Kier alpha value is -1.55. The fourth-order valence-corrected chi connectivity index (χ4v) is 1.61. The van der Waals surface area contributed by atoms with Crippen LogP contribution < -0.4 is 9.86 Å². The third-order valence-corrected chi connectivity index (χ3v) is 2.23. The highest BCUT2D eigenvalue weighted by atomic mass is 32.2. The molecule has 0 aliphatic carbocycles. The maximum Gasteiger partial charge on any atom is 0.296 e. The minimum atomic E-state index is -3.82. The molecule has 0 aliphatic rings. The summed E-state index contributed by atoms with van der Waals surface area (Å²) in [7, 11) is -3.82. The van der Waals surface area contributed by atoms with E-state index in [4.69, 9.17) is 10.2 Å². The van der Waals surface area contributed by atoms with Crippen molar-refractivity contribution in [2.75, 3.05) is 11.3 Å². The lowest BCUT2D eigenvalue weighted by Gasteiger charge is -2.07. The monoisotopic (exact) mass is 240 g/mol.